The first-order chi connectivity index (χ1) is 11.1. The van der Waals surface area contributed by atoms with E-state index in [4.69, 9.17) is 10.5 Å². The first kappa shape index (κ1) is 16.8. The van der Waals surface area contributed by atoms with Gasteiger partial charge in [0.15, 0.2) is 0 Å². The van der Waals surface area contributed by atoms with Crippen LogP contribution in [0.25, 0.3) is 0 Å². The number of nitrogens with one attached hydrogen (secondary N) is 1. The van der Waals surface area contributed by atoms with E-state index in [-0.39, 0.29) is 11.9 Å². The summed E-state index contributed by atoms with van der Waals surface area (Å²) in [6.07, 6.45) is 0. The van der Waals surface area contributed by atoms with Crippen LogP contribution in [-0.2, 0) is 4.79 Å². The number of rotatable bonds is 6. The number of hydrogen-bond donors (Lipinski definition) is 2. The molecule has 0 saturated heterocycles. The Morgan fingerprint density at radius 3 is 2.52 bits per heavy atom. The van der Waals surface area contributed by atoms with Crippen molar-refractivity contribution in [3.63, 3.8) is 0 Å². The number of hydrogen-bond acceptors (Lipinski definition) is 4. The van der Waals surface area contributed by atoms with Crippen molar-refractivity contribution in [2.45, 2.75) is 13.0 Å². The van der Waals surface area contributed by atoms with Crippen molar-refractivity contribution in [2.75, 3.05) is 31.8 Å². The number of carbonyl (C=O) groups excluding carboxylic acids is 1. The van der Waals surface area contributed by atoms with Crippen molar-refractivity contribution in [3.8, 4) is 5.75 Å². The van der Waals surface area contributed by atoms with Gasteiger partial charge in [0, 0.05) is 5.69 Å². The summed E-state index contributed by atoms with van der Waals surface area (Å²) >= 11 is 0. The molecule has 0 radical (unpaired) electrons. The number of nitrogens with two attached hydrogens (primary N) is 1. The molecular formula is C18H23N3O2. The number of benzene rings is 2. The Hall–Kier alpha value is -2.53. The molecule has 23 heavy (non-hydrogen) atoms. The van der Waals surface area contributed by atoms with E-state index in [0.717, 1.165) is 12.1 Å². The van der Waals surface area contributed by atoms with Gasteiger partial charge in [0.25, 0.3) is 0 Å². The average Bonchev–Trinajstić information content (AvgIpc) is 2.56. The topological polar surface area (TPSA) is 67.6 Å². The second-order valence-electron chi connectivity index (χ2n) is 5.33. The van der Waals surface area contributed by atoms with Gasteiger partial charge in [-0.3, -0.25) is 9.69 Å². The van der Waals surface area contributed by atoms with Crippen LogP contribution >= 0.6 is 0 Å². The summed E-state index contributed by atoms with van der Waals surface area (Å²) in [7, 11) is 3.49. The molecule has 0 heterocycles. The number of ether oxygens (including phenoxy) is 1. The highest BCUT2D eigenvalue weighted by molar-refractivity contribution is 5.96. The molecule has 3 N–H and O–H groups in total. The molecule has 1 amide bonds. The molecule has 122 valence electrons. The third-order valence-electron chi connectivity index (χ3n) is 3.80. The second kappa shape index (κ2) is 7.65. The van der Waals surface area contributed by atoms with E-state index in [1.165, 1.54) is 0 Å². The minimum atomic E-state index is -0.357. The molecule has 2 rings (SSSR count). The molecule has 5 heteroatoms. The molecule has 0 saturated carbocycles. The van der Waals surface area contributed by atoms with Crippen molar-refractivity contribution >= 4 is 17.3 Å². The standard InChI is InChI=1S/C18H23N3O2/c1-4-21(2)17(13-8-6-5-7-9-13)18(22)20-14-10-11-16(23-3)15(19)12-14/h5-12,17H,4,19H2,1-3H3,(H,20,22). The second-order valence-corrected chi connectivity index (χ2v) is 5.33. The molecule has 0 aromatic heterocycles. The Morgan fingerprint density at radius 2 is 1.96 bits per heavy atom. The monoisotopic (exact) mass is 313 g/mol. The summed E-state index contributed by atoms with van der Waals surface area (Å²) < 4.78 is 5.13. The first-order valence-electron chi connectivity index (χ1n) is 7.56. The van der Waals surface area contributed by atoms with Crippen molar-refractivity contribution < 1.29 is 9.53 Å². The van der Waals surface area contributed by atoms with Gasteiger partial charge in [0.1, 0.15) is 11.8 Å². The zero-order chi connectivity index (χ0) is 16.8. The number of likely N-dealkylation sites (N-methyl/N-ethyl adjacent to an activating group) is 1. The Labute approximate surface area is 137 Å². The highest BCUT2D eigenvalue weighted by atomic mass is 16.5. The molecule has 0 bridgehead atoms. The third-order valence-corrected chi connectivity index (χ3v) is 3.80. The lowest BCUT2D eigenvalue weighted by molar-refractivity contribution is -0.121. The van der Waals surface area contributed by atoms with Gasteiger partial charge in [-0.2, -0.15) is 0 Å². The van der Waals surface area contributed by atoms with E-state index in [2.05, 4.69) is 5.32 Å². The Morgan fingerprint density at radius 1 is 1.26 bits per heavy atom. The molecule has 2 aromatic rings. The van der Waals surface area contributed by atoms with Crippen LogP contribution in [0.4, 0.5) is 11.4 Å². The molecule has 0 aliphatic heterocycles. The zero-order valence-electron chi connectivity index (χ0n) is 13.7. The number of nitrogen functional groups attached to an aromatic ring is 1. The quantitative estimate of drug-likeness (QED) is 0.805. The molecule has 2 aromatic carbocycles. The van der Waals surface area contributed by atoms with Gasteiger partial charge >= 0.3 is 0 Å². The summed E-state index contributed by atoms with van der Waals surface area (Å²) in [6.45, 7) is 2.78. The van der Waals surface area contributed by atoms with Crippen LogP contribution in [0.5, 0.6) is 5.75 Å². The van der Waals surface area contributed by atoms with Crippen LogP contribution in [0.15, 0.2) is 48.5 Å². The van der Waals surface area contributed by atoms with E-state index < -0.39 is 0 Å². The van der Waals surface area contributed by atoms with E-state index in [9.17, 15) is 4.79 Å². The van der Waals surface area contributed by atoms with Crippen LogP contribution in [0.3, 0.4) is 0 Å². The van der Waals surface area contributed by atoms with E-state index in [1.54, 1.807) is 25.3 Å². The van der Waals surface area contributed by atoms with Gasteiger partial charge in [-0.25, -0.2) is 0 Å². The summed E-state index contributed by atoms with van der Waals surface area (Å²) in [6, 6.07) is 14.6. The van der Waals surface area contributed by atoms with E-state index in [1.807, 2.05) is 49.2 Å². The number of anilines is 2. The lowest BCUT2D eigenvalue weighted by Gasteiger charge is -2.26. The van der Waals surface area contributed by atoms with Crippen molar-refractivity contribution in [3.05, 3.63) is 54.1 Å². The SMILES string of the molecule is CCN(C)C(C(=O)Nc1ccc(OC)c(N)c1)c1ccccc1. The molecule has 1 atom stereocenters. The Balaban J connectivity index is 2.23. The van der Waals surface area contributed by atoms with Crippen molar-refractivity contribution in [2.24, 2.45) is 0 Å². The normalized spacial score (nSPS) is 12.0. The van der Waals surface area contributed by atoms with Crippen molar-refractivity contribution in [1.29, 1.82) is 0 Å². The number of methoxy groups -OCH3 is 1. The lowest BCUT2D eigenvalue weighted by atomic mass is 10.0. The average molecular weight is 313 g/mol. The summed E-state index contributed by atoms with van der Waals surface area (Å²) in [5.41, 5.74) is 7.99. The molecule has 0 aliphatic rings. The molecule has 0 fully saturated rings. The fraction of sp³-hybridized carbons (Fsp3) is 0.278. The van der Waals surface area contributed by atoms with Crippen LogP contribution in [0.2, 0.25) is 0 Å². The Kier molecular flexibility index (Phi) is 5.60. The smallest absolute Gasteiger partial charge is 0.246 e. The third kappa shape index (κ3) is 4.02. The molecule has 0 spiro atoms. The predicted molar refractivity (Wildman–Crippen MR) is 93.5 cm³/mol. The number of carbonyl (C=O) groups is 1. The van der Waals surface area contributed by atoms with E-state index in [0.29, 0.717) is 17.1 Å². The summed E-state index contributed by atoms with van der Waals surface area (Å²) in [5.74, 6) is 0.499. The highest BCUT2D eigenvalue weighted by Gasteiger charge is 2.24. The number of amides is 1. The van der Waals surface area contributed by atoms with Gasteiger partial charge in [0.2, 0.25) is 5.91 Å². The first-order valence-corrected chi connectivity index (χ1v) is 7.56. The van der Waals surface area contributed by atoms with Crippen LogP contribution in [-0.4, -0.2) is 31.5 Å². The predicted octanol–water partition coefficient (Wildman–Crippen LogP) is 2.91. The van der Waals surface area contributed by atoms with E-state index >= 15 is 0 Å². The number of nitrogens with zero attached hydrogens (tertiary/aromatic N) is 1. The minimum absolute atomic E-state index is 0.0925. The van der Waals surface area contributed by atoms with Gasteiger partial charge in [-0.15, -0.1) is 0 Å². The fourth-order valence-corrected chi connectivity index (χ4v) is 2.45. The maximum absolute atomic E-state index is 12.8. The van der Waals surface area contributed by atoms with Gasteiger partial charge in [0.05, 0.1) is 12.8 Å². The minimum Gasteiger partial charge on any atom is -0.495 e. The molecular weight excluding hydrogens is 290 g/mol. The van der Waals surface area contributed by atoms with Crippen LogP contribution in [0.1, 0.15) is 18.5 Å². The lowest BCUT2D eigenvalue weighted by Crippen LogP contribution is -2.34. The highest BCUT2D eigenvalue weighted by Crippen LogP contribution is 2.26. The fourth-order valence-electron chi connectivity index (χ4n) is 2.45. The van der Waals surface area contributed by atoms with Crippen LogP contribution in [0, 0.1) is 0 Å². The maximum atomic E-state index is 12.8. The zero-order valence-corrected chi connectivity index (χ0v) is 13.7. The van der Waals surface area contributed by atoms with Gasteiger partial charge < -0.3 is 15.8 Å². The molecule has 5 nitrogen and oxygen atoms in total. The largest absolute Gasteiger partial charge is 0.495 e. The Bertz CT molecular complexity index is 659. The molecule has 1 unspecified atom stereocenters. The van der Waals surface area contributed by atoms with Crippen molar-refractivity contribution in [1.82, 2.24) is 4.90 Å². The van der Waals surface area contributed by atoms with Gasteiger partial charge in [-0.05, 0) is 37.4 Å². The van der Waals surface area contributed by atoms with Crippen LogP contribution < -0.4 is 15.8 Å². The summed E-state index contributed by atoms with van der Waals surface area (Å²) in [4.78, 5) is 14.8. The van der Waals surface area contributed by atoms with Gasteiger partial charge in [-0.1, -0.05) is 37.3 Å². The summed E-state index contributed by atoms with van der Waals surface area (Å²) in [5, 5.41) is 2.93. The maximum Gasteiger partial charge on any atom is 0.246 e. The molecule has 0 aliphatic carbocycles.